The van der Waals surface area contributed by atoms with Crippen LogP contribution in [0.1, 0.15) is 146 Å². The Bertz CT molecular complexity index is 1540. The summed E-state index contributed by atoms with van der Waals surface area (Å²) in [4.78, 5) is 51.3. The van der Waals surface area contributed by atoms with Crippen LogP contribution in [-0.4, -0.2) is 69.0 Å². The molecule has 0 bridgehead atoms. The van der Waals surface area contributed by atoms with E-state index in [0.29, 0.717) is 44.2 Å². The maximum Gasteiger partial charge on any atom is 0.401 e. The lowest BCUT2D eigenvalue weighted by Crippen LogP contribution is -2.54. The van der Waals surface area contributed by atoms with Crippen LogP contribution in [0.5, 0.6) is 0 Å². The molecule has 55 heavy (non-hydrogen) atoms. The second-order valence-electron chi connectivity index (χ2n) is 15.1. The van der Waals surface area contributed by atoms with Gasteiger partial charge in [-0.2, -0.15) is 13.9 Å². The molecule has 4 N–H and O–H groups in total. The lowest BCUT2D eigenvalue weighted by Gasteiger charge is -2.30. The fraction of sp³-hybridized carbons (Fsp3) is 0.659. The number of alkyl halides is 2. The first-order valence-corrected chi connectivity index (χ1v) is 22.1. The molecule has 3 heterocycles. The standard InChI is InChI=1S/C41H62F2N5O6P/c1-2-3-4-5-6-7-8-9-10-11-12-13-14-15-29-54-55(52,53)41(42,43)34-22-19-32(20-23-34)21-26-38(49)47-36-18-16-17-35-24-25-37(48(35)40(36)51)39(50)44-28-27-33-30-45-46-31-33/h19-23,26,30-31,35-37H,2-18,24-25,27-29H2,1H3,(H,44,50)(H,45,46)(H,47,49)(H,52,53)/b26-21+/t35-,36-,37-/m0/s1. The van der Waals surface area contributed by atoms with Crippen molar-refractivity contribution in [3.8, 4) is 0 Å². The number of hydrogen-bond donors (Lipinski definition) is 4. The van der Waals surface area contributed by atoms with Crippen LogP contribution in [0.4, 0.5) is 8.78 Å². The number of benzene rings is 1. The number of nitrogens with one attached hydrogen (secondary N) is 3. The van der Waals surface area contributed by atoms with Crippen LogP contribution in [0.3, 0.4) is 0 Å². The van der Waals surface area contributed by atoms with Crippen molar-refractivity contribution in [1.29, 1.82) is 0 Å². The zero-order chi connectivity index (χ0) is 39.5. The highest BCUT2D eigenvalue weighted by Crippen LogP contribution is 2.63. The molecule has 1 aromatic carbocycles. The van der Waals surface area contributed by atoms with Crippen LogP contribution in [0.2, 0.25) is 0 Å². The first kappa shape index (κ1) is 44.3. The monoisotopic (exact) mass is 789 g/mol. The van der Waals surface area contributed by atoms with E-state index in [-0.39, 0.29) is 24.5 Å². The number of carbonyl (C=O) groups excluding carboxylic acids is 3. The van der Waals surface area contributed by atoms with Gasteiger partial charge in [-0.1, -0.05) is 115 Å². The lowest BCUT2D eigenvalue weighted by atomic mass is 10.0. The maximum absolute atomic E-state index is 15.1. The Morgan fingerprint density at radius 1 is 0.964 bits per heavy atom. The summed E-state index contributed by atoms with van der Waals surface area (Å²) in [6, 6.07) is 3.26. The summed E-state index contributed by atoms with van der Waals surface area (Å²) in [6.45, 7) is 2.42. The summed E-state index contributed by atoms with van der Waals surface area (Å²) in [5.74, 6) is -1.04. The van der Waals surface area contributed by atoms with Gasteiger partial charge in [0, 0.05) is 30.4 Å². The third-order valence-electron chi connectivity index (χ3n) is 10.8. The molecular weight excluding hydrogens is 727 g/mol. The normalized spacial score (nSPS) is 20.0. The molecule has 1 aromatic heterocycles. The molecular formula is C41H62F2N5O6P. The van der Waals surface area contributed by atoms with Gasteiger partial charge in [-0.25, -0.2) is 0 Å². The number of aromatic amines is 1. The van der Waals surface area contributed by atoms with Crippen molar-refractivity contribution < 1.29 is 37.1 Å². The average molecular weight is 790 g/mol. The Balaban J connectivity index is 1.16. The third-order valence-corrected chi connectivity index (χ3v) is 12.3. The van der Waals surface area contributed by atoms with Crippen molar-refractivity contribution in [2.24, 2.45) is 0 Å². The second-order valence-corrected chi connectivity index (χ2v) is 16.9. The quantitative estimate of drug-likeness (QED) is 0.0447. The molecule has 4 atom stereocenters. The van der Waals surface area contributed by atoms with Crippen LogP contribution in [0, 0.1) is 0 Å². The van der Waals surface area contributed by atoms with Crippen LogP contribution in [0.25, 0.3) is 6.08 Å². The largest absolute Gasteiger partial charge is 0.401 e. The van der Waals surface area contributed by atoms with Gasteiger partial charge in [0.05, 0.1) is 12.8 Å². The predicted octanol–water partition coefficient (Wildman–Crippen LogP) is 8.54. The molecule has 0 spiro atoms. The average Bonchev–Trinajstić information content (AvgIpc) is 3.82. The Kier molecular flexibility index (Phi) is 18.5. The molecule has 0 radical (unpaired) electrons. The molecule has 2 fully saturated rings. The first-order valence-electron chi connectivity index (χ1n) is 20.6. The fourth-order valence-electron chi connectivity index (χ4n) is 7.53. The zero-order valence-electron chi connectivity index (χ0n) is 32.5. The first-order chi connectivity index (χ1) is 26.5. The van der Waals surface area contributed by atoms with E-state index in [1.54, 1.807) is 17.3 Å². The molecule has 2 aliphatic heterocycles. The van der Waals surface area contributed by atoms with E-state index in [1.807, 2.05) is 0 Å². The third kappa shape index (κ3) is 13.9. The van der Waals surface area contributed by atoms with Crippen molar-refractivity contribution in [2.45, 2.75) is 159 Å². The number of aromatic nitrogens is 2. The number of H-pyrrole nitrogens is 1. The van der Waals surface area contributed by atoms with Crippen molar-refractivity contribution >= 4 is 31.4 Å². The van der Waals surface area contributed by atoms with Crippen molar-refractivity contribution in [1.82, 2.24) is 25.7 Å². The highest BCUT2D eigenvalue weighted by molar-refractivity contribution is 7.53. The molecule has 306 valence electrons. The number of fused-ring (bicyclic) bond motifs is 1. The Hall–Kier alpha value is -3.41. The molecule has 1 unspecified atom stereocenters. The van der Waals surface area contributed by atoms with Crippen LogP contribution in [0.15, 0.2) is 42.7 Å². The molecule has 4 rings (SSSR count). The zero-order valence-corrected chi connectivity index (χ0v) is 33.4. The minimum atomic E-state index is -5.29. The van der Waals surface area contributed by atoms with Gasteiger partial charge < -0.3 is 25.0 Å². The van der Waals surface area contributed by atoms with E-state index in [2.05, 4.69) is 27.8 Å². The molecule has 14 heteroatoms. The second kappa shape index (κ2) is 23.0. The number of nitrogens with zero attached hydrogens (tertiary/aromatic N) is 2. The number of halogens is 2. The molecule has 0 aliphatic carbocycles. The minimum absolute atomic E-state index is 0.0603. The molecule has 2 aromatic rings. The van der Waals surface area contributed by atoms with Gasteiger partial charge in [0.25, 0.3) is 0 Å². The van der Waals surface area contributed by atoms with Gasteiger partial charge in [0.1, 0.15) is 12.1 Å². The molecule has 2 saturated heterocycles. The number of amides is 3. The summed E-state index contributed by atoms with van der Waals surface area (Å²) in [5, 5.41) is 12.3. The summed E-state index contributed by atoms with van der Waals surface area (Å²) in [5.41, 5.74) is -3.40. The van der Waals surface area contributed by atoms with Crippen LogP contribution in [-0.2, 0) is 35.6 Å². The van der Waals surface area contributed by atoms with Crippen molar-refractivity contribution in [2.75, 3.05) is 13.2 Å². The van der Waals surface area contributed by atoms with E-state index in [1.165, 1.54) is 82.1 Å². The number of hydrogen-bond acceptors (Lipinski definition) is 6. The predicted molar refractivity (Wildman–Crippen MR) is 210 cm³/mol. The smallest absolute Gasteiger partial charge is 0.354 e. The van der Waals surface area contributed by atoms with Crippen molar-refractivity contribution in [3.63, 3.8) is 0 Å². The molecule has 11 nitrogen and oxygen atoms in total. The van der Waals surface area contributed by atoms with Gasteiger partial charge in [-0.05, 0) is 62.1 Å². The van der Waals surface area contributed by atoms with Gasteiger partial charge >= 0.3 is 13.3 Å². The number of carbonyl (C=O) groups is 3. The Labute approximate surface area is 325 Å². The molecule has 0 saturated carbocycles. The van der Waals surface area contributed by atoms with Gasteiger partial charge in [-0.15, -0.1) is 0 Å². The fourth-order valence-corrected chi connectivity index (χ4v) is 8.54. The van der Waals surface area contributed by atoms with E-state index in [9.17, 15) is 23.8 Å². The summed E-state index contributed by atoms with van der Waals surface area (Å²) in [7, 11) is -5.29. The van der Waals surface area contributed by atoms with Crippen molar-refractivity contribution in [3.05, 3.63) is 59.4 Å². The maximum atomic E-state index is 15.1. The molecule has 2 aliphatic rings. The highest BCUT2D eigenvalue weighted by atomic mass is 31.2. The van der Waals surface area contributed by atoms with E-state index >= 15 is 8.78 Å². The summed E-state index contributed by atoms with van der Waals surface area (Å²) >= 11 is 0. The van der Waals surface area contributed by atoms with Gasteiger partial charge in [-0.3, -0.25) is 24.0 Å². The number of rotatable bonds is 25. The lowest BCUT2D eigenvalue weighted by molar-refractivity contribution is -0.142. The Morgan fingerprint density at radius 2 is 1.60 bits per heavy atom. The summed E-state index contributed by atoms with van der Waals surface area (Å²) < 4.78 is 47.6. The summed E-state index contributed by atoms with van der Waals surface area (Å²) in [6.07, 6.45) is 25.8. The minimum Gasteiger partial charge on any atom is -0.354 e. The van der Waals surface area contributed by atoms with Gasteiger partial charge in [0.15, 0.2) is 0 Å². The number of unbranched alkanes of at least 4 members (excludes halogenated alkanes) is 13. The van der Waals surface area contributed by atoms with Gasteiger partial charge in [0.2, 0.25) is 17.7 Å². The molecule has 3 amide bonds. The SMILES string of the molecule is CCCCCCCCCCCCCCCCOP(=O)(O)C(F)(F)c1ccc(/C=C/C(=O)N[C@H]2CCC[C@H]3CC[C@@H](C(=O)NCCc4cn[nH]c4)N3C2=O)cc1. The van der Waals surface area contributed by atoms with E-state index in [0.717, 1.165) is 56.2 Å². The van der Waals surface area contributed by atoms with Crippen LogP contribution >= 0.6 is 7.60 Å². The van der Waals surface area contributed by atoms with Crippen LogP contribution < -0.4 is 10.6 Å². The highest BCUT2D eigenvalue weighted by Gasteiger charge is 2.52. The Morgan fingerprint density at radius 3 is 2.22 bits per heavy atom. The van der Waals surface area contributed by atoms with E-state index in [4.69, 9.17) is 4.52 Å². The van der Waals surface area contributed by atoms with E-state index < -0.39 is 36.8 Å². The topological polar surface area (TPSA) is 154 Å².